The summed E-state index contributed by atoms with van der Waals surface area (Å²) in [4.78, 5) is 16.6. The highest BCUT2D eigenvalue weighted by Crippen LogP contribution is 2.11. The molecule has 1 aliphatic rings. The first-order chi connectivity index (χ1) is 11.5. The maximum Gasteiger partial charge on any atom is 0.271 e. The van der Waals surface area contributed by atoms with E-state index in [1.807, 2.05) is 28.8 Å². The van der Waals surface area contributed by atoms with Gasteiger partial charge in [0.05, 0.1) is 24.7 Å². The Hall–Kier alpha value is -1.97. The van der Waals surface area contributed by atoms with Crippen LogP contribution in [0, 0.1) is 6.92 Å². The largest absolute Gasteiger partial charge is 0.379 e. The van der Waals surface area contributed by atoms with Crippen LogP contribution in [0.15, 0.2) is 24.4 Å². The number of morpholine rings is 1. The van der Waals surface area contributed by atoms with Gasteiger partial charge in [0.1, 0.15) is 11.3 Å². The van der Waals surface area contributed by atoms with Crippen molar-refractivity contribution in [1.82, 2.24) is 19.0 Å². The Morgan fingerprint density at radius 2 is 2.08 bits per heavy atom. The molecule has 0 unspecified atom stereocenters. The van der Waals surface area contributed by atoms with Crippen LogP contribution in [-0.2, 0) is 14.8 Å². The molecular weight excluding hydrogens is 332 g/mol. The molecule has 1 amide bonds. The molecule has 9 heteroatoms. The van der Waals surface area contributed by atoms with Crippen LogP contribution in [0.2, 0.25) is 0 Å². The molecule has 0 atom stereocenters. The molecule has 8 nitrogen and oxygen atoms in total. The number of ether oxygens (including phenoxy) is 1. The highest BCUT2D eigenvalue weighted by Gasteiger charge is 2.24. The number of nitrogens with one attached hydrogen (secondary N) is 1. The first-order valence-electron chi connectivity index (χ1n) is 7.76. The Morgan fingerprint density at radius 3 is 2.79 bits per heavy atom. The molecule has 2 aromatic rings. The van der Waals surface area contributed by atoms with Crippen LogP contribution < -0.4 is 5.32 Å². The quantitative estimate of drug-likeness (QED) is 0.820. The SMILES string of the molecule is Cc1c(C(=O)NCCS(=O)(=O)N2CCOCC2)nc2ccccn12. The van der Waals surface area contributed by atoms with E-state index in [0.717, 1.165) is 5.69 Å². The van der Waals surface area contributed by atoms with E-state index in [9.17, 15) is 13.2 Å². The summed E-state index contributed by atoms with van der Waals surface area (Å²) in [6.07, 6.45) is 1.83. The monoisotopic (exact) mass is 352 g/mol. The third-order valence-electron chi connectivity index (χ3n) is 3.99. The maximum absolute atomic E-state index is 12.3. The maximum atomic E-state index is 12.3. The van der Waals surface area contributed by atoms with Crippen LogP contribution in [-0.4, -0.2) is 66.6 Å². The zero-order chi connectivity index (χ0) is 17.2. The topological polar surface area (TPSA) is 93.0 Å². The average Bonchev–Trinajstić information content (AvgIpc) is 2.93. The molecule has 0 bridgehead atoms. The van der Waals surface area contributed by atoms with E-state index in [1.54, 1.807) is 6.92 Å². The van der Waals surface area contributed by atoms with E-state index in [0.29, 0.717) is 37.6 Å². The number of sulfonamides is 1. The molecule has 1 saturated heterocycles. The third-order valence-corrected chi connectivity index (χ3v) is 5.86. The minimum atomic E-state index is -3.38. The first kappa shape index (κ1) is 16.9. The van der Waals surface area contributed by atoms with Crippen molar-refractivity contribution in [1.29, 1.82) is 0 Å². The zero-order valence-electron chi connectivity index (χ0n) is 13.4. The number of amides is 1. The molecule has 2 aromatic heterocycles. The zero-order valence-corrected chi connectivity index (χ0v) is 14.3. The van der Waals surface area contributed by atoms with Gasteiger partial charge in [-0.05, 0) is 19.1 Å². The Labute approximate surface area is 140 Å². The van der Waals surface area contributed by atoms with Gasteiger partial charge in [-0.25, -0.2) is 13.4 Å². The molecule has 1 aliphatic heterocycles. The lowest BCUT2D eigenvalue weighted by Gasteiger charge is -2.25. The molecule has 0 saturated carbocycles. The minimum absolute atomic E-state index is 0.0475. The lowest BCUT2D eigenvalue weighted by Crippen LogP contribution is -2.43. The summed E-state index contributed by atoms with van der Waals surface area (Å²) in [6, 6.07) is 5.52. The van der Waals surface area contributed by atoms with Gasteiger partial charge in [-0.1, -0.05) is 6.07 Å². The van der Waals surface area contributed by atoms with Crippen molar-refractivity contribution < 1.29 is 17.9 Å². The van der Waals surface area contributed by atoms with Gasteiger partial charge in [-0.15, -0.1) is 0 Å². The van der Waals surface area contributed by atoms with Gasteiger partial charge >= 0.3 is 0 Å². The number of imidazole rings is 1. The molecule has 1 fully saturated rings. The van der Waals surface area contributed by atoms with E-state index in [-0.39, 0.29) is 18.2 Å². The van der Waals surface area contributed by atoms with E-state index in [2.05, 4.69) is 10.3 Å². The standard InChI is InChI=1S/C15H20N4O4S/c1-12-14(17-13-4-2-3-6-19(12)13)15(20)16-5-11-24(21,22)18-7-9-23-10-8-18/h2-4,6H,5,7-11H2,1H3,(H,16,20). The highest BCUT2D eigenvalue weighted by atomic mass is 32.2. The number of carbonyl (C=O) groups is 1. The summed E-state index contributed by atoms with van der Waals surface area (Å²) < 4.78 is 32.8. The van der Waals surface area contributed by atoms with Crippen molar-refractivity contribution >= 4 is 21.6 Å². The fourth-order valence-corrected chi connectivity index (χ4v) is 3.99. The molecule has 3 rings (SSSR count). The summed E-state index contributed by atoms with van der Waals surface area (Å²) in [5.41, 5.74) is 1.71. The molecule has 0 aliphatic carbocycles. The Kier molecular flexibility index (Phi) is 4.83. The summed E-state index contributed by atoms with van der Waals surface area (Å²) in [5.74, 6) is -0.501. The van der Waals surface area contributed by atoms with E-state index in [4.69, 9.17) is 4.74 Å². The Morgan fingerprint density at radius 1 is 1.33 bits per heavy atom. The molecule has 1 N–H and O–H groups in total. The van der Waals surface area contributed by atoms with E-state index < -0.39 is 10.0 Å². The number of pyridine rings is 1. The van der Waals surface area contributed by atoms with E-state index >= 15 is 0 Å². The number of hydrogen-bond acceptors (Lipinski definition) is 5. The van der Waals surface area contributed by atoms with Crippen molar-refractivity contribution in [3.8, 4) is 0 Å². The molecule has 0 spiro atoms. The molecule has 24 heavy (non-hydrogen) atoms. The number of nitrogens with zero attached hydrogens (tertiary/aromatic N) is 3. The molecule has 3 heterocycles. The fourth-order valence-electron chi connectivity index (χ4n) is 2.66. The lowest BCUT2D eigenvalue weighted by molar-refractivity contribution is 0.0730. The van der Waals surface area contributed by atoms with Gasteiger partial charge in [0.25, 0.3) is 5.91 Å². The summed E-state index contributed by atoms with van der Waals surface area (Å²) >= 11 is 0. The number of fused-ring (bicyclic) bond motifs is 1. The Bertz CT molecular complexity index is 840. The van der Waals surface area contributed by atoms with Crippen molar-refractivity contribution in [2.75, 3.05) is 38.6 Å². The van der Waals surface area contributed by atoms with Crippen LogP contribution in [0.1, 0.15) is 16.2 Å². The van der Waals surface area contributed by atoms with Crippen LogP contribution in [0.5, 0.6) is 0 Å². The smallest absolute Gasteiger partial charge is 0.271 e. The number of aryl methyl sites for hydroxylation is 1. The molecule has 0 aromatic carbocycles. The van der Waals surface area contributed by atoms with Crippen molar-refractivity contribution in [3.63, 3.8) is 0 Å². The molecule has 0 radical (unpaired) electrons. The number of aromatic nitrogens is 2. The van der Waals surface area contributed by atoms with Crippen LogP contribution in [0.3, 0.4) is 0 Å². The van der Waals surface area contributed by atoms with Gasteiger partial charge in [-0.2, -0.15) is 4.31 Å². The predicted octanol–water partition coefficient (Wildman–Crippen LogP) is 0.0345. The Balaban J connectivity index is 1.61. The van der Waals surface area contributed by atoms with E-state index in [1.165, 1.54) is 4.31 Å². The first-order valence-corrected chi connectivity index (χ1v) is 9.37. The van der Waals surface area contributed by atoms with Crippen molar-refractivity contribution in [2.24, 2.45) is 0 Å². The summed E-state index contributed by atoms with van der Waals surface area (Å²) in [6.45, 7) is 3.40. The van der Waals surface area contributed by atoms with Crippen LogP contribution in [0.4, 0.5) is 0 Å². The van der Waals surface area contributed by atoms with Crippen LogP contribution >= 0.6 is 0 Å². The van der Waals surface area contributed by atoms with Gasteiger partial charge < -0.3 is 14.5 Å². The predicted molar refractivity (Wildman–Crippen MR) is 88.4 cm³/mol. The fraction of sp³-hybridized carbons (Fsp3) is 0.467. The average molecular weight is 352 g/mol. The highest BCUT2D eigenvalue weighted by molar-refractivity contribution is 7.89. The number of carbonyl (C=O) groups excluding carboxylic acids is 1. The second-order valence-corrected chi connectivity index (χ2v) is 7.65. The second kappa shape index (κ2) is 6.88. The summed E-state index contributed by atoms with van der Waals surface area (Å²) in [7, 11) is -3.38. The normalized spacial score (nSPS) is 16.4. The van der Waals surface area contributed by atoms with Gasteiger partial charge in [-0.3, -0.25) is 4.79 Å². The van der Waals surface area contributed by atoms with Gasteiger partial charge in [0.2, 0.25) is 10.0 Å². The third kappa shape index (κ3) is 3.42. The number of hydrogen-bond donors (Lipinski definition) is 1. The van der Waals surface area contributed by atoms with Crippen LogP contribution in [0.25, 0.3) is 5.65 Å². The van der Waals surface area contributed by atoms with Gasteiger partial charge in [0, 0.05) is 25.8 Å². The molecular formula is C15H20N4O4S. The van der Waals surface area contributed by atoms with Gasteiger partial charge in [0.15, 0.2) is 0 Å². The lowest BCUT2D eigenvalue weighted by atomic mass is 10.3. The molecule has 130 valence electrons. The van der Waals surface area contributed by atoms with Crippen molar-refractivity contribution in [3.05, 3.63) is 35.8 Å². The summed E-state index contributed by atoms with van der Waals surface area (Å²) in [5, 5.41) is 2.64. The number of rotatable bonds is 5. The minimum Gasteiger partial charge on any atom is -0.379 e. The van der Waals surface area contributed by atoms with Crippen molar-refractivity contribution in [2.45, 2.75) is 6.92 Å². The second-order valence-electron chi connectivity index (χ2n) is 5.56.